The molecule has 0 radical (unpaired) electrons. The van der Waals surface area contributed by atoms with Gasteiger partial charge in [-0.05, 0) is 31.7 Å². The predicted octanol–water partition coefficient (Wildman–Crippen LogP) is 1.82. The van der Waals surface area contributed by atoms with E-state index < -0.39 is 0 Å². The third-order valence-corrected chi connectivity index (χ3v) is 3.07. The second-order valence-corrected chi connectivity index (χ2v) is 5.32. The van der Waals surface area contributed by atoms with Crippen molar-refractivity contribution >= 4 is 5.84 Å². The van der Waals surface area contributed by atoms with Gasteiger partial charge in [0.05, 0.1) is 5.84 Å². The molecule has 14 heavy (non-hydrogen) atoms. The second-order valence-electron chi connectivity index (χ2n) is 5.32. The van der Waals surface area contributed by atoms with Crippen LogP contribution in [0.1, 0.15) is 40.0 Å². The van der Waals surface area contributed by atoms with E-state index in [1.165, 1.54) is 12.8 Å². The first-order chi connectivity index (χ1) is 6.41. The smallest absolute Gasteiger partial charge is 0.0920 e. The summed E-state index contributed by atoms with van der Waals surface area (Å²) in [5.41, 5.74) is 5.86. The highest BCUT2D eigenvalue weighted by Crippen LogP contribution is 2.29. The second kappa shape index (κ2) is 4.30. The van der Waals surface area contributed by atoms with Crippen LogP contribution in [0.3, 0.4) is 0 Å². The van der Waals surface area contributed by atoms with Crippen LogP contribution in [0.25, 0.3) is 0 Å². The topological polar surface area (TPSA) is 53.1 Å². The average molecular weight is 197 g/mol. The fourth-order valence-corrected chi connectivity index (χ4v) is 2.29. The van der Waals surface area contributed by atoms with Crippen molar-refractivity contribution in [2.24, 2.45) is 11.1 Å². The van der Waals surface area contributed by atoms with Gasteiger partial charge in [0.2, 0.25) is 0 Å². The largest absolute Gasteiger partial charge is 0.388 e. The van der Waals surface area contributed by atoms with E-state index in [0.29, 0.717) is 23.7 Å². The molecule has 0 amide bonds. The van der Waals surface area contributed by atoms with E-state index in [1.54, 1.807) is 0 Å². The quantitative estimate of drug-likeness (QED) is 0.535. The molecule has 1 unspecified atom stereocenters. The van der Waals surface area contributed by atoms with Crippen LogP contribution in [-0.4, -0.2) is 29.9 Å². The van der Waals surface area contributed by atoms with Gasteiger partial charge in [-0.3, -0.25) is 10.3 Å². The number of rotatable bonds is 3. The Morgan fingerprint density at radius 3 is 2.71 bits per heavy atom. The minimum Gasteiger partial charge on any atom is -0.388 e. The molecule has 0 spiro atoms. The zero-order valence-corrected chi connectivity index (χ0v) is 9.64. The Balaban J connectivity index is 2.47. The molecule has 0 aromatic carbocycles. The summed E-state index contributed by atoms with van der Waals surface area (Å²) in [6, 6.07) is 0.423. The monoisotopic (exact) mass is 197 g/mol. The van der Waals surface area contributed by atoms with Crippen molar-refractivity contribution in [2.45, 2.75) is 46.1 Å². The Bertz CT molecular complexity index is 211. The lowest BCUT2D eigenvalue weighted by Gasteiger charge is -2.41. The highest BCUT2D eigenvalue weighted by Gasteiger charge is 2.28. The average Bonchev–Trinajstić information content (AvgIpc) is 2.01. The van der Waals surface area contributed by atoms with Gasteiger partial charge in [0.1, 0.15) is 0 Å². The summed E-state index contributed by atoms with van der Waals surface area (Å²) in [6.07, 6.45) is 3.29. The van der Waals surface area contributed by atoms with Crippen molar-refractivity contribution in [1.82, 2.24) is 4.90 Å². The Hall–Kier alpha value is -0.570. The van der Waals surface area contributed by atoms with E-state index in [4.69, 9.17) is 11.1 Å². The van der Waals surface area contributed by atoms with Crippen LogP contribution in [-0.2, 0) is 0 Å². The van der Waals surface area contributed by atoms with Gasteiger partial charge < -0.3 is 5.73 Å². The van der Waals surface area contributed by atoms with E-state index in [0.717, 1.165) is 13.1 Å². The molecule has 3 nitrogen and oxygen atoms in total. The Kier molecular flexibility index (Phi) is 3.53. The summed E-state index contributed by atoms with van der Waals surface area (Å²) >= 11 is 0. The molecule has 1 rings (SSSR count). The van der Waals surface area contributed by atoms with Crippen molar-refractivity contribution in [3.05, 3.63) is 0 Å². The molecule has 1 aliphatic rings. The summed E-state index contributed by atoms with van der Waals surface area (Å²) in [6.45, 7) is 9.11. The zero-order valence-electron chi connectivity index (χ0n) is 9.64. The molecule has 1 atom stereocenters. The third-order valence-electron chi connectivity index (χ3n) is 3.07. The molecular formula is C11H23N3. The first-order valence-electron chi connectivity index (χ1n) is 5.48. The van der Waals surface area contributed by atoms with Crippen LogP contribution >= 0.6 is 0 Å². The Morgan fingerprint density at radius 1 is 1.57 bits per heavy atom. The molecule has 0 bridgehead atoms. The molecule has 1 saturated heterocycles. The van der Waals surface area contributed by atoms with E-state index in [-0.39, 0.29) is 0 Å². The summed E-state index contributed by atoms with van der Waals surface area (Å²) in [5.74, 6) is 0.306. The molecule has 0 aromatic heterocycles. The maximum absolute atomic E-state index is 7.29. The molecule has 1 heterocycles. The number of hydrogen-bond acceptors (Lipinski definition) is 2. The number of nitrogens with one attached hydrogen (secondary N) is 1. The normalized spacial score (nSPS) is 24.5. The maximum Gasteiger partial charge on any atom is 0.0920 e. The number of nitrogens with zero attached hydrogens (tertiary/aromatic N) is 1. The van der Waals surface area contributed by atoms with Gasteiger partial charge in [-0.1, -0.05) is 13.8 Å². The lowest BCUT2D eigenvalue weighted by Crippen LogP contribution is -2.45. The summed E-state index contributed by atoms with van der Waals surface area (Å²) in [7, 11) is 0. The van der Waals surface area contributed by atoms with E-state index in [1.807, 2.05) is 0 Å². The molecule has 82 valence electrons. The number of amidine groups is 1. The fraction of sp³-hybridized carbons (Fsp3) is 0.909. The van der Waals surface area contributed by atoms with Gasteiger partial charge in [-0.2, -0.15) is 0 Å². The van der Waals surface area contributed by atoms with Gasteiger partial charge in [0, 0.05) is 19.0 Å². The summed E-state index contributed by atoms with van der Waals surface area (Å²) < 4.78 is 0. The summed E-state index contributed by atoms with van der Waals surface area (Å²) in [5, 5.41) is 7.29. The van der Waals surface area contributed by atoms with Crippen molar-refractivity contribution in [1.29, 1.82) is 5.41 Å². The van der Waals surface area contributed by atoms with Crippen LogP contribution in [0.2, 0.25) is 0 Å². The molecule has 1 aliphatic heterocycles. The summed E-state index contributed by atoms with van der Waals surface area (Å²) in [4.78, 5) is 2.46. The van der Waals surface area contributed by atoms with Gasteiger partial charge in [0.25, 0.3) is 0 Å². The Labute approximate surface area is 87.2 Å². The Morgan fingerprint density at radius 2 is 2.21 bits per heavy atom. The van der Waals surface area contributed by atoms with E-state index in [9.17, 15) is 0 Å². The third kappa shape index (κ3) is 3.29. The number of nitrogens with two attached hydrogens (primary N) is 1. The van der Waals surface area contributed by atoms with Crippen molar-refractivity contribution in [3.8, 4) is 0 Å². The molecular weight excluding hydrogens is 174 g/mol. The highest BCUT2D eigenvalue weighted by molar-refractivity contribution is 5.77. The van der Waals surface area contributed by atoms with Gasteiger partial charge >= 0.3 is 0 Å². The lowest BCUT2D eigenvalue weighted by atomic mass is 9.83. The fourth-order valence-electron chi connectivity index (χ4n) is 2.29. The number of likely N-dealkylation sites (tertiary alicyclic amines) is 1. The number of piperidine rings is 1. The van der Waals surface area contributed by atoms with Crippen LogP contribution in [0, 0.1) is 10.8 Å². The molecule has 3 N–H and O–H groups in total. The molecule has 1 fully saturated rings. The predicted molar refractivity (Wildman–Crippen MR) is 60.6 cm³/mol. The van der Waals surface area contributed by atoms with Gasteiger partial charge in [-0.15, -0.1) is 0 Å². The van der Waals surface area contributed by atoms with Crippen LogP contribution in [0.5, 0.6) is 0 Å². The van der Waals surface area contributed by atoms with Crippen molar-refractivity contribution < 1.29 is 0 Å². The number of hydrogen-bond donors (Lipinski definition) is 2. The van der Waals surface area contributed by atoms with Crippen LogP contribution in [0.15, 0.2) is 0 Å². The maximum atomic E-state index is 7.29. The van der Waals surface area contributed by atoms with Crippen LogP contribution < -0.4 is 5.73 Å². The standard InChI is InChI=1S/C11H23N3/c1-9(7-10(12)13)14-6-4-5-11(2,3)8-14/h9H,4-8H2,1-3H3,(H3,12,13). The van der Waals surface area contributed by atoms with Crippen molar-refractivity contribution in [2.75, 3.05) is 13.1 Å². The minimum absolute atomic E-state index is 0.306. The lowest BCUT2D eigenvalue weighted by molar-refractivity contribution is 0.0870. The SMILES string of the molecule is CC(CC(=N)N)N1CCCC(C)(C)C1. The first-order valence-corrected chi connectivity index (χ1v) is 5.48. The van der Waals surface area contributed by atoms with Gasteiger partial charge in [0.15, 0.2) is 0 Å². The molecule has 0 aromatic rings. The minimum atomic E-state index is 0.306. The van der Waals surface area contributed by atoms with Crippen LogP contribution in [0.4, 0.5) is 0 Å². The molecule has 0 aliphatic carbocycles. The van der Waals surface area contributed by atoms with E-state index >= 15 is 0 Å². The highest BCUT2D eigenvalue weighted by atomic mass is 15.2. The molecule has 0 saturated carbocycles. The first kappa shape index (κ1) is 11.5. The van der Waals surface area contributed by atoms with Crippen molar-refractivity contribution in [3.63, 3.8) is 0 Å². The van der Waals surface area contributed by atoms with Gasteiger partial charge in [-0.25, -0.2) is 0 Å². The zero-order chi connectivity index (χ0) is 10.8. The van der Waals surface area contributed by atoms with E-state index in [2.05, 4.69) is 25.7 Å². The molecule has 3 heteroatoms.